The van der Waals surface area contributed by atoms with Crippen molar-refractivity contribution in [2.45, 2.75) is 20.8 Å². The fourth-order valence-electron chi connectivity index (χ4n) is 3.36. The van der Waals surface area contributed by atoms with Gasteiger partial charge in [-0.2, -0.15) is 5.10 Å². The second kappa shape index (κ2) is 15.1. The molecule has 0 fully saturated rings. The molecule has 0 aliphatic carbocycles. The van der Waals surface area contributed by atoms with Crippen LogP contribution in [0.4, 0.5) is 11.4 Å². The van der Waals surface area contributed by atoms with Gasteiger partial charge in [-0.3, -0.25) is 14.4 Å². The number of para-hydroxylation sites is 2. The quantitative estimate of drug-likeness (QED) is 0.111. The lowest BCUT2D eigenvalue weighted by Crippen LogP contribution is -2.32. The van der Waals surface area contributed by atoms with Crippen LogP contribution in [0.1, 0.15) is 25.0 Å². The number of carbonyl (C=O) groups excluding carboxylic acids is 3. The van der Waals surface area contributed by atoms with E-state index in [0.29, 0.717) is 56.0 Å². The van der Waals surface area contributed by atoms with Crippen LogP contribution < -0.4 is 30.3 Å². The molecule has 0 saturated heterocycles. The molecule has 0 heterocycles. The van der Waals surface area contributed by atoms with Crippen LogP contribution in [0.5, 0.6) is 17.2 Å². The normalized spacial score (nSPS) is 10.6. The Morgan fingerprint density at radius 1 is 0.900 bits per heavy atom. The van der Waals surface area contributed by atoms with Crippen LogP contribution in [0.3, 0.4) is 0 Å². The first kappa shape index (κ1) is 30.7. The van der Waals surface area contributed by atoms with Crippen LogP contribution in [-0.4, -0.2) is 43.8 Å². The molecule has 3 rings (SSSR count). The van der Waals surface area contributed by atoms with Gasteiger partial charge >= 0.3 is 11.8 Å². The smallest absolute Gasteiger partial charge is 0.329 e. The predicted octanol–water partition coefficient (Wildman–Crippen LogP) is 5.16. The minimum atomic E-state index is -0.955. The highest BCUT2D eigenvalue weighted by Crippen LogP contribution is 2.34. The number of hydrogen-bond donors (Lipinski definition) is 3. The van der Waals surface area contributed by atoms with Gasteiger partial charge in [-0.05, 0) is 90.9 Å². The van der Waals surface area contributed by atoms with E-state index in [1.165, 1.54) is 6.21 Å². The van der Waals surface area contributed by atoms with Gasteiger partial charge in [0, 0.05) is 10.7 Å². The van der Waals surface area contributed by atoms with Gasteiger partial charge in [-0.25, -0.2) is 5.43 Å². The van der Waals surface area contributed by atoms with Gasteiger partial charge in [-0.1, -0.05) is 29.8 Å². The largest absolute Gasteiger partial charge is 0.492 e. The molecule has 210 valence electrons. The molecule has 40 heavy (non-hydrogen) atoms. The summed E-state index contributed by atoms with van der Waals surface area (Å²) in [5, 5.41) is 9.68. The monoisotopic (exact) mass is 678 g/mol. The topological polar surface area (TPSA) is 127 Å². The maximum atomic E-state index is 12.5. The molecular weight excluding hydrogens is 651 g/mol. The van der Waals surface area contributed by atoms with Gasteiger partial charge < -0.3 is 24.8 Å². The summed E-state index contributed by atoms with van der Waals surface area (Å²) in [7, 11) is 0. The number of rotatable bonds is 11. The molecule has 0 atom stereocenters. The van der Waals surface area contributed by atoms with E-state index in [1.807, 2.05) is 26.8 Å². The number of nitrogens with one attached hydrogen (secondary N) is 3. The van der Waals surface area contributed by atoms with Crippen molar-refractivity contribution in [3.8, 4) is 17.2 Å². The van der Waals surface area contributed by atoms with E-state index < -0.39 is 11.8 Å². The molecule has 12 heteroatoms. The molecule has 0 bridgehead atoms. The van der Waals surface area contributed by atoms with Crippen LogP contribution in [0.25, 0.3) is 0 Å². The Hall–Kier alpha value is -3.84. The van der Waals surface area contributed by atoms with E-state index >= 15 is 0 Å². The number of carbonyl (C=O) groups is 3. The molecule has 10 nitrogen and oxygen atoms in total. The molecule has 0 unspecified atom stereocenters. The van der Waals surface area contributed by atoms with Crippen LogP contribution in [0, 0.1) is 10.5 Å². The van der Waals surface area contributed by atoms with Crippen LogP contribution in [0.2, 0.25) is 5.02 Å². The highest BCUT2D eigenvalue weighted by molar-refractivity contribution is 14.1. The highest BCUT2D eigenvalue weighted by atomic mass is 127. The lowest BCUT2D eigenvalue weighted by molar-refractivity contribution is -0.136. The standard InChI is InChI=1S/C28H28ClIN4O6/c1-4-38-23-9-7-6-8-21(23)33-27(36)28(37)34-31-15-18-12-20(30)26(24(13-18)39-5-2)40-16-25(35)32-22-14-19(29)11-10-17(22)3/h6-15H,4-5,16H2,1-3H3,(H,32,35)(H,33,36)(H,34,37)/b31-15-. The van der Waals surface area contributed by atoms with Crippen molar-refractivity contribution in [2.24, 2.45) is 5.10 Å². The maximum absolute atomic E-state index is 12.5. The molecule has 3 aromatic rings. The number of hydrazone groups is 1. The Morgan fingerprint density at radius 3 is 2.38 bits per heavy atom. The Bertz CT molecular complexity index is 1420. The number of anilines is 2. The Morgan fingerprint density at radius 2 is 1.62 bits per heavy atom. The summed E-state index contributed by atoms with van der Waals surface area (Å²) < 4.78 is 17.6. The molecular formula is C28H28ClIN4O6. The average Bonchev–Trinajstić information content (AvgIpc) is 2.91. The maximum Gasteiger partial charge on any atom is 0.329 e. The zero-order valence-corrected chi connectivity index (χ0v) is 25.0. The Balaban J connectivity index is 1.63. The molecule has 0 aromatic heterocycles. The van der Waals surface area contributed by atoms with Gasteiger partial charge in [0.25, 0.3) is 5.91 Å². The van der Waals surface area contributed by atoms with Crippen molar-refractivity contribution >= 4 is 69.5 Å². The van der Waals surface area contributed by atoms with Gasteiger partial charge in [0.1, 0.15) is 5.75 Å². The first-order valence-corrected chi connectivity index (χ1v) is 13.7. The van der Waals surface area contributed by atoms with E-state index in [1.54, 1.807) is 48.5 Å². The molecule has 3 aromatic carbocycles. The second-order valence-corrected chi connectivity index (χ2v) is 9.74. The zero-order valence-electron chi connectivity index (χ0n) is 22.0. The van der Waals surface area contributed by atoms with E-state index in [0.717, 1.165) is 5.56 Å². The molecule has 0 radical (unpaired) electrons. The van der Waals surface area contributed by atoms with Crippen molar-refractivity contribution in [3.05, 3.63) is 74.3 Å². The zero-order chi connectivity index (χ0) is 29.1. The number of amides is 3. The van der Waals surface area contributed by atoms with Crippen molar-refractivity contribution in [1.82, 2.24) is 5.43 Å². The van der Waals surface area contributed by atoms with E-state index in [-0.39, 0.29) is 12.5 Å². The first-order chi connectivity index (χ1) is 19.2. The average molecular weight is 679 g/mol. The third kappa shape index (κ3) is 8.85. The number of ether oxygens (including phenoxy) is 3. The predicted molar refractivity (Wildman–Crippen MR) is 163 cm³/mol. The fraction of sp³-hybridized carbons (Fsp3) is 0.214. The molecule has 0 saturated carbocycles. The minimum Gasteiger partial charge on any atom is -0.492 e. The second-order valence-electron chi connectivity index (χ2n) is 8.14. The van der Waals surface area contributed by atoms with Gasteiger partial charge in [0.15, 0.2) is 18.1 Å². The van der Waals surface area contributed by atoms with E-state index in [2.05, 4.69) is 43.8 Å². The molecule has 3 N–H and O–H groups in total. The van der Waals surface area contributed by atoms with Crippen molar-refractivity contribution in [1.29, 1.82) is 0 Å². The van der Waals surface area contributed by atoms with E-state index in [9.17, 15) is 14.4 Å². The Labute approximate surface area is 250 Å². The number of hydrogen-bond acceptors (Lipinski definition) is 7. The Kier molecular flexibility index (Phi) is 11.6. The SMILES string of the molecule is CCOc1ccccc1NC(=O)C(=O)N/N=C\c1cc(I)c(OCC(=O)Nc2cc(Cl)ccc2C)c(OCC)c1. The van der Waals surface area contributed by atoms with Crippen molar-refractivity contribution in [3.63, 3.8) is 0 Å². The third-order valence-electron chi connectivity index (χ3n) is 5.17. The molecule has 0 aliphatic rings. The number of halogens is 2. The van der Waals surface area contributed by atoms with Crippen molar-refractivity contribution in [2.75, 3.05) is 30.5 Å². The summed E-state index contributed by atoms with van der Waals surface area (Å²) in [6, 6.07) is 15.4. The van der Waals surface area contributed by atoms with Crippen molar-refractivity contribution < 1.29 is 28.6 Å². The third-order valence-corrected chi connectivity index (χ3v) is 6.21. The number of nitrogens with zero attached hydrogens (tertiary/aromatic N) is 1. The first-order valence-electron chi connectivity index (χ1n) is 12.2. The lowest BCUT2D eigenvalue weighted by atomic mass is 10.2. The van der Waals surface area contributed by atoms with E-state index in [4.69, 9.17) is 25.8 Å². The molecule has 3 amide bonds. The summed E-state index contributed by atoms with van der Waals surface area (Å²) in [5.74, 6) is -0.994. The number of benzene rings is 3. The number of aryl methyl sites for hydroxylation is 1. The lowest BCUT2D eigenvalue weighted by Gasteiger charge is -2.15. The van der Waals surface area contributed by atoms with Crippen LogP contribution >= 0.6 is 34.2 Å². The molecule has 0 aliphatic heterocycles. The summed E-state index contributed by atoms with van der Waals surface area (Å²) in [4.78, 5) is 37.0. The van der Waals surface area contributed by atoms with Gasteiger partial charge in [0.2, 0.25) is 0 Å². The minimum absolute atomic E-state index is 0.257. The molecule has 0 spiro atoms. The van der Waals surface area contributed by atoms with Gasteiger partial charge in [0.05, 0.1) is 28.7 Å². The summed E-state index contributed by atoms with van der Waals surface area (Å²) in [6.45, 7) is 5.99. The fourth-order valence-corrected chi connectivity index (χ4v) is 4.32. The van der Waals surface area contributed by atoms with Crippen LogP contribution in [-0.2, 0) is 14.4 Å². The summed E-state index contributed by atoms with van der Waals surface area (Å²) in [5.41, 5.74) is 4.61. The highest BCUT2D eigenvalue weighted by Gasteiger charge is 2.17. The van der Waals surface area contributed by atoms with Crippen LogP contribution in [0.15, 0.2) is 59.7 Å². The summed E-state index contributed by atoms with van der Waals surface area (Å²) in [6.07, 6.45) is 1.36. The van der Waals surface area contributed by atoms with Gasteiger partial charge in [-0.15, -0.1) is 0 Å². The summed E-state index contributed by atoms with van der Waals surface area (Å²) >= 11 is 8.07.